The predicted octanol–water partition coefficient (Wildman–Crippen LogP) is 5.25. The molecule has 0 aliphatic rings. The van der Waals surface area contributed by atoms with Crippen molar-refractivity contribution >= 4 is 17.9 Å². The summed E-state index contributed by atoms with van der Waals surface area (Å²) in [5.74, 6) is -0.102. The molecule has 1 aromatic heterocycles. The van der Waals surface area contributed by atoms with Crippen LogP contribution in [0.25, 0.3) is 5.69 Å². The van der Waals surface area contributed by atoms with Gasteiger partial charge in [0.2, 0.25) is 0 Å². The minimum atomic E-state index is -0.954. The quantitative estimate of drug-likeness (QED) is 0.598. The Bertz CT molecular complexity index is 1030. The Kier molecular flexibility index (Phi) is 5.64. The molecule has 5 nitrogen and oxygen atoms in total. The van der Waals surface area contributed by atoms with Gasteiger partial charge in [-0.25, -0.2) is 4.79 Å². The van der Waals surface area contributed by atoms with E-state index in [0.29, 0.717) is 12.3 Å². The van der Waals surface area contributed by atoms with Crippen LogP contribution in [0.5, 0.6) is 5.75 Å². The molecule has 144 valence electrons. The monoisotopic (exact) mass is 376 g/mol. The average Bonchev–Trinajstić information content (AvgIpc) is 2.95. The number of aryl methyl sites for hydroxylation is 2. The summed E-state index contributed by atoms with van der Waals surface area (Å²) in [6.07, 6.45) is 1.79. The maximum absolute atomic E-state index is 11.2. The molecule has 0 spiro atoms. The Morgan fingerprint density at radius 2 is 1.82 bits per heavy atom. The second-order valence-corrected chi connectivity index (χ2v) is 6.65. The summed E-state index contributed by atoms with van der Waals surface area (Å²) < 4.78 is 7.68. The number of aromatic carboxylic acids is 1. The van der Waals surface area contributed by atoms with Gasteiger partial charge in [0, 0.05) is 28.9 Å². The molecule has 0 aliphatic heterocycles. The SMILES string of the molecule is CCOc1ccc(-n2c(C)cc(C=Nc3cc(C(=O)O)ccc3C)c2C)cc1. The van der Waals surface area contributed by atoms with E-state index in [4.69, 9.17) is 4.74 Å². The van der Waals surface area contributed by atoms with Gasteiger partial charge in [0.05, 0.1) is 17.9 Å². The number of ether oxygens (including phenoxy) is 1. The molecule has 3 rings (SSSR count). The van der Waals surface area contributed by atoms with Gasteiger partial charge in [-0.05, 0) is 75.7 Å². The standard InChI is InChI=1S/C23H24N2O3/c1-5-28-21-10-8-20(9-11-21)25-16(3)12-19(17(25)4)14-24-22-13-18(23(26)27)7-6-15(22)2/h6-14H,5H2,1-4H3,(H,26,27). The summed E-state index contributed by atoms with van der Waals surface area (Å²) in [6.45, 7) is 8.63. The van der Waals surface area contributed by atoms with E-state index in [1.165, 1.54) is 0 Å². The molecule has 0 bridgehead atoms. The van der Waals surface area contributed by atoms with E-state index in [9.17, 15) is 9.90 Å². The van der Waals surface area contributed by atoms with E-state index in [1.807, 2.05) is 45.0 Å². The zero-order valence-corrected chi connectivity index (χ0v) is 16.6. The predicted molar refractivity (Wildman–Crippen MR) is 112 cm³/mol. The fourth-order valence-electron chi connectivity index (χ4n) is 3.19. The second-order valence-electron chi connectivity index (χ2n) is 6.65. The third-order valence-corrected chi connectivity index (χ3v) is 4.68. The molecule has 0 radical (unpaired) electrons. The number of rotatable bonds is 6. The van der Waals surface area contributed by atoms with Crippen LogP contribution in [0.1, 0.15) is 39.8 Å². The molecule has 1 heterocycles. The number of carboxylic acids is 1. The number of aromatic nitrogens is 1. The summed E-state index contributed by atoms with van der Waals surface area (Å²) in [7, 11) is 0. The highest BCUT2D eigenvalue weighted by Crippen LogP contribution is 2.24. The lowest BCUT2D eigenvalue weighted by atomic mass is 10.1. The lowest BCUT2D eigenvalue weighted by Gasteiger charge is -2.11. The lowest BCUT2D eigenvalue weighted by Crippen LogP contribution is -2.00. The molecular formula is C23H24N2O3. The van der Waals surface area contributed by atoms with Crippen LogP contribution in [-0.2, 0) is 0 Å². The number of benzene rings is 2. The smallest absolute Gasteiger partial charge is 0.335 e. The first kappa shape index (κ1) is 19.4. The van der Waals surface area contributed by atoms with E-state index in [2.05, 4.69) is 22.5 Å². The fraction of sp³-hybridized carbons (Fsp3) is 0.217. The van der Waals surface area contributed by atoms with Crippen molar-refractivity contribution in [2.24, 2.45) is 4.99 Å². The number of carbonyl (C=O) groups is 1. The van der Waals surface area contributed by atoms with Gasteiger partial charge in [0.25, 0.3) is 0 Å². The van der Waals surface area contributed by atoms with Gasteiger partial charge in [-0.1, -0.05) is 6.07 Å². The highest BCUT2D eigenvalue weighted by Gasteiger charge is 2.10. The number of aliphatic imine (C=N–C) groups is 1. The summed E-state index contributed by atoms with van der Waals surface area (Å²) in [5.41, 5.74) is 6.04. The largest absolute Gasteiger partial charge is 0.494 e. The summed E-state index contributed by atoms with van der Waals surface area (Å²) in [4.78, 5) is 15.7. The first-order valence-corrected chi connectivity index (χ1v) is 9.21. The number of hydrogen-bond donors (Lipinski definition) is 1. The van der Waals surface area contributed by atoms with Crippen LogP contribution in [0.3, 0.4) is 0 Å². The van der Waals surface area contributed by atoms with Gasteiger partial charge in [0.15, 0.2) is 0 Å². The van der Waals surface area contributed by atoms with E-state index in [0.717, 1.165) is 34.0 Å². The third-order valence-electron chi connectivity index (χ3n) is 4.68. The van der Waals surface area contributed by atoms with Crippen LogP contribution in [-0.4, -0.2) is 28.5 Å². The van der Waals surface area contributed by atoms with Crippen LogP contribution >= 0.6 is 0 Å². The van der Waals surface area contributed by atoms with E-state index in [1.54, 1.807) is 24.4 Å². The van der Waals surface area contributed by atoms with Crippen LogP contribution in [0.15, 0.2) is 53.5 Å². The van der Waals surface area contributed by atoms with Crippen molar-refractivity contribution in [3.05, 3.63) is 76.6 Å². The van der Waals surface area contributed by atoms with Crippen LogP contribution in [0, 0.1) is 20.8 Å². The minimum Gasteiger partial charge on any atom is -0.494 e. The molecule has 0 fully saturated rings. The summed E-state index contributed by atoms with van der Waals surface area (Å²) >= 11 is 0. The molecule has 3 aromatic rings. The second kappa shape index (κ2) is 8.13. The molecule has 0 aliphatic carbocycles. The normalized spacial score (nSPS) is 11.1. The molecule has 0 unspecified atom stereocenters. The van der Waals surface area contributed by atoms with Gasteiger partial charge in [-0.15, -0.1) is 0 Å². The highest BCUT2D eigenvalue weighted by molar-refractivity contribution is 5.90. The molecule has 0 saturated carbocycles. The lowest BCUT2D eigenvalue weighted by molar-refractivity contribution is 0.0697. The topological polar surface area (TPSA) is 63.8 Å². The van der Waals surface area contributed by atoms with Crippen molar-refractivity contribution < 1.29 is 14.6 Å². The Labute approximate surface area is 164 Å². The number of nitrogens with zero attached hydrogens (tertiary/aromatic N) is 2. The molecule has 0 amide bonds. The molecule has 28 heavy (non-hydrogen) atoms. The summed E-state index contributed by atoms with van der Waals surface area (Å²) in [5, 5.41) is 9.18. The van der Waals surface area contributed by atoms with E-state index in [-0.39, 0.29) is 5.56 Å². The Balaban J connectivity index is 1.93. The molecule has 2 aromatic carbocycles. The van der Waals surface area contributed by atoms with E-state index >= 15 is 0 Å². The number of carboxylic acid groups (broad SMARTS) is 1. The van der Waals surface area contributed by atoms with Gasteiger partial charge in [0.1, 0.15) is 5.75 Å². The first-order valence-electron chi connectivity index (χ1n) is 9.21. The molecular weight excluding hydrogens is 352 g/mol. The molecule has 0 atom stereocenters. The average molecular weight is 376 g/mol. The molecule has 1 N–H and O–H groups in total. The van der Waals surface area contributed by atoms with Gasteiger partial charge >= 0.3 is 5.97 Å². The van der Waals surface area contributed by atoms with Crippen molar-refractivity contribution in [3.8, 4) is 11.4 Å². The Morgan fingerprint density at radius 3 is 2.46 bits per heavy atom. The van der Waals surface area contributed by atoms with Crippen molar-refractivity contribution in [2.45, 2.75) is 27.7 Å². The Hall–Kier alpha value is -3.34. The van der Waals surface area contributed by atoms with Crippen LogP contribution in [0.4, 0.5) is 5.69 Å². The van der Waals surface area contributed by atoms with Crippen molar-refractivity contribution in [2.75, 3.05) is 6.61 Å². The third kappa shape index (κ3) is 3.98. The maximum Gasteiger partial charge on any atom is 0.335 e. The minimum absolute atomic E-state index is 0.234. The van der Waals surface area contributed by atoms with E-state index < -0.39 is 5.97 Å². The van der Waals surface area contributed by atoms with Gasteiger partial charge < -0.3 is 14.4 Å². The van der Waals surface area contributed by atoms with Gasteiger partial charge in [-0.3, -0.25) is 4.99 Å². The van der Waals surface area contributed by atoms with Crippen molar-refractivity contribution in [1.82, 2.24) is 4.57 Å². The van der Waals surface area contributed by atoms with Crippen LogP contribution in [0.2, 0.25) is 0 Å². The Morgan fingerprint density at radius 1 is 1.11 bits per heavy atom. The molecule has 0 saturated heterocycles. The number of hydrogen-bond acceptors (Lipinski definition) is 3. The van der Waals surface area contributed by atoms with Crippen LogP contribution < -0.4 is 4.74 Å². The zero-order chi connectivity index (χ0) is 20.3. The molecule has 5 heteroatoms. The van der Waals surface area contributed by atoms with Crippen molar-refractivity contribution in [3.63, 3.8) is 0 Å². The highest BCUT2D eigenvalue weighted by atomic mass is 16.5. The maximum atomic E-state index is 11.2. The summed E-state index contributed by atoms with van der Waals surface area (Å²) in [6, 6.07) is 15.0. The fourth-order valence-corrected chi connectivity index (χ4v) is 3.19. The van der Waals surface area contributed by atoms with Gasteiger partial charge in [-0.2, -0.15) is 0 Å². The zero-order valence-electron chi connectivity index (χ0n) is 16.6. The first-order chi connectivity index (χ1) is 13.4. The van der Waals surface area contributed by atoms with Crippen molar-refractivity contribution in [1.29, 1.82) is 0 Å².